The minimum atomic E-state index is -0.307. The molecule has 0 saturated carbocycles. The quantitative estimate of drug-likeness (QED) is 0.682. The summed E-state index contributed by atoms with van der Waals surface area (Å²) < 4.78 is 5.04. The molecule has 4 nitrogen and oxygen atoms in total. The lowest BCUT2D eigenvalue weighted by Crippen LogP contribution is -2.24. The van der Waals surface area contributed by atoms with Crippen molar-refractivity contribution >= 4 is 17.5 Å². The molecule has 0 aliphatic heterocycles. The van der Waals surface area contributed by atoms with E-state index in [9.17, 15) is 14.4 Å². The van der Waals surface area contributed by atoms with Crippen molar-refractivity contribution in [1.29, 1.82) is 0 Å². The number of rotatable bonds is 4. The highest BCUT2D eigenvalue weighted by atomic mass is 16.5. The van der Waals surface area contributed by atoms with Gasteiger partial charge in [0, 0.05) is 29.2 Å². The van der Waals surface area contributed by atoms with Crippen molar-refractivity contribution in [2.45, 2.75) is 32.6 Å². The third kappa shape index (κ3) is 3.12. The van der Waals surface area contributed by atoms with Crippen molar-refractivity contribution in [3.63, 3.8) is 0 Å². The smallest absolute Gasteiger partial charge is 0.302 e. The van der Waals surface area contributed by atoms with E-state index in [1.165, 1.54) is 6.92 Å². The molecule has 2 aromatic rings. The Balaban J connectivity index is 1.96. The van der Waals surface area contributed by atoms with Crippen LogP contribution in [0.4, 0.5) is 0 Å². The van der Waals surface area contributed by atoms with E-state index in [2.05, 4.69) is 0 Å². The van der Waals surface area contributed by atoms with Crippen molar-refractivity contribution < 1.29 is 19.1 Å². The van der Waals surface area contributed by atoms with E-state index in [1.54, 1.807) is 36.4 Å². The Kier molecular flexibility index (Phi) is 4.29. The fraction of sp³-hybridized carbons (Fsp3) is 0.286. The average Bonchev–Trinajstić information content (AvgIpc) is 2.58. The van der Waals surface area contributed by atoms with E-state index in [4.69, 9.17) is 4.74 Å². The first-order valence-electron chi connectivity index (χ1n) is 8.27. The molecule has 25 heavy (non-hydrogen) atoms. The Labute approximate surface area is 146 Å². The molecule has 4 heteroatoms. The van der Waals surface area contributed by atoms with E-state index in [0.717, 1.165) is 5.56 Å². The lowest BCUT2D eigenvalue weighted by molar-refractivity contribution is -0.141. The van der Waals surface area contributed by atoms with Crippen LogP contribution < -0.4 is 0 Å². The largest absolute Gasteiger partial charge is 0.466 e. The second kappa shape index (κ2) is 6.28. The zero-order valence-electron chi connectivity index (χ0n) is 14.6. The van der Waals surface area contributed by atoms with Crippen LogP contribution in [0.2, 0.25) is 0 Å². The molecule has 0 saturated heterocycles. The van der Waals surface area contributed by atoms with Crippen LogP contribution in [0.1, 0.15) is 64.6 Å². The molecule has 0 bridgehead atoms. The number of benzene rings is 2. The first-order valence-corrected chi connectivity index (χ1v) is 8.27. The van der Waals surface area contributed by atoms with Gasteiger partial charge in [-0.1, -0.05) is 44.2 Å². The van der Waals surface area contributed by atoms with Gasteiger partial charge in [0.15, 0.2) is 11.6 Å². The molecule has 128 valence electrons. The number of esters is 1. The van der Waals surface area contributed by atoms with Gasteiger partial charge >= 0.3 is 5.97 Å². The summed E-state index contributed by atoms with van der Waals surface area (Å²) >= 11 is 0. The molecular weight excluding hydrogens is 316 g/mol. The van der Waals surface area contributed by atoms with Crippen molar-refractivity contribution in [1.82, 2.24) is 0 Å². The van der Waals surface area contributed by atoms with Crippen LogP contribution in [0.3, 0.4) is 0 Å². The summed E-state index contributed by atoms with van der Waals surface area (Å²) in [7, 11) is 0. The normalized spacial score (nSPS) is 13.2. The molecule has 0 aromatic heterocycles. The predicted octanol–water partition coefficient (Wildman–Crippen LogP) is 3.69. The number of fused-ring (bicyclic) bond motifs is 2. The van der Waals surface area contributed by atoms with E-state index >= 15 is 0 Å². The van der Waals surface area contributed by atoms with E-state index in [1.807, 2.05) is 19.9 Å². The molecule has 0 N–H and O–H groups in total. The molecule has 0 spiro atoms. The molecule has 0 atom stereocenters. The number of hydrogen-bond donors (Lipinski definition) is 0. The van der Waals surface area contributed by atoms with Crippen LogP contribution in [0.25, 0.3) is 0 Å². The Morgan fingerprint density at radius 3 is 2.08 bits per heavy atom. The summed E-state index contributed by atoms with van der Waals surface area (Å²) in [6.07, 6.45) is 0.629. The fourth-order valence-corrected chi connectivity index (χ4v) is 3.11. The van der Waals surface area contributed by atoms with Gasteiger partial charge < -0.3 is 4.74 Å². The maximum Gasteiger partial charge on any atom is 0.302 e. The standard InChI is InChI=1S/C21H20O4/c1-13(22)25-11-10-21(2,3)14-8-9-17-18(12-14)20(24)16-7-5-4-6-15(16)19(17)23/h4-9,12H,10-11H2,1-3H3. The minimum absolute atomic E-state index is 0.116. The van der Waals surface area contributed by atoms with Crippen LogP contribution in [-0.2, 0) is 14.9 Å². The first kappa shape index (κ1) is 17.1. The fourth-order valence-electron chi connectivity index (χ4n) is 3.11. The van der Waals surface area contributed by atoms with Gasteiger partial charge in [0.25, 0.3) is 0 Å². The third-order valence-electron chi connectivity index (χ3n) is 4.74. The van der Waals surface area contributed by atoms with Gasteiger partial charge in [-0.05, 0) is 29.5 Å². The molecule has 0 amide bonds. The lowest BCUT2D eigenvalue weighted by atomic mass is 9.77. The van der Waals surface area contributed by atoms with Crippen LogP contribution in [0.15, 0.2) is 42.5 Å². The maximum atomic E-state index is 12.8. The first-order chi connectivity index (χ1) is 11.8. The average molecular weight is 336 g/mol. The monoisotopic (exact) mass is 336 g/mol. The van der Waals surface area contributed by atoms with Gasteiger partial charge in [0.1, 0.15) is 0 Å². The molecule has 0 unspecified atom stereocenters. The Morgan fingerprint density at radius 1 is 0.920 bits per heavy atom. The minimum Gasteiger partial charge on any atom is -0.466 e. The summed E-state index contributed by atoms with van der Waals surface area (Å²) in [5, 5.41) is 0. The van der Waals surface area contributed by atoms with Crippen molar-refractivity contribution in [3.8, 4) is 0 Å². The third-order valence-corrected chi connectivity index (χ3v) is 4.74. The maximum absolute atomic E-state index is 12.8. The Hall–Kier alpha value is -2.75. The summed E-state index contributed by atoms with van der Waals surface area (Å²) in [6, 6.07) is 12.3. The van der Waals surface area contributed by atoms with Gasteiger partial charge in [-0.3, -0.25) is 14.4 Å². The topological polar surface area (TPSA) is 60.4 Å². The Morgan fingerprint density at radius 2 is 1.48 bits per heavy atom. The van der Waals surface area contributed by atoms with Gasteiger partial charge in [-0.2, -0.15) is 0 Å². The number of ether oxygens (including phenoxy) is 1. The SMILES string of the molecule is CC(=O)OCCC(C)(C)c1ccc2c(c1)C(=O)c1ccccc1C2=O. The summed E-state index contributed by atoms with van der Waals surface area (Å²) in [4.78, 5) is 36.4. The van der Waals surface area contributed by atoms with Gasteiger partial charge in [0.05, 0.1) is 6.61 Å². The number of hydrogen-bond acceptors (Lipinski definition) is 4. The van der Waals surface area contributed by atoms with Crippen LogP contribution in [0, 0.1) is 0 Å². The molecule has 2 aromatic carbocycles. The number of carbonyl (C=O) groups excluding carboxylic acids is 3. The predicted molar refractivity (Wildman–Crippen MR) is 94.0 cm³/mol. The second-order valence-corrected chi connectivity index (χ2v) is 6.94. The van der Waals surface area contributed by atoms with Crippen molar-refractivity contribution in [2.75, 3.05) is 6.61 Å². The van der Waals surface area contributed by atoms with Crippen molar-refractivity contribution in [3.05, 3.63) is 70.3 Å². The molecular formula is C21H20O4. The highest BCUT2D eigenvalue weighted by molar-refractivity contribution is 6.28. The lowest BCUT2D eigenvalue weighted by Gasteiger charge is -2.27. The zero-order valence-corrected chi connectivity index (χ0v) is 14.6. The zero-order chi connectivity index (χ0) is 18.2. The molecule has 1 aliphatic carbocycles. The highest BCUT2D eigenvalue weighted by Gasteiger charge is 2.31. The molecule has 0 fully saturated rings. The molecule has 0 radical (unpaired) electrons. The molecule has 3 rings (SSSR count). The summed E-state index contributed by atoms with van der Waals surface area (Å²) in [6.45, 7) is 5.76. The Bertz CT molecular complexity index is 877. The second-order valence-electron chi connectivity index (χ2n) is 6.94. The van der Waals surface area contributed by atoms with Gasteiger partial charge in [-0.15, -0.1) is 0 Å². The molecule has 1 aliphatic rings. The van der Waals surface area contributed by atoms with Crippen LogP contribution in [-0.4, -0.2) is 24.1 Å². The van der Waals surface area contributed by atoms with Crippen LogP contribution in [0.5, 0.6) is 0 Å². The van der Waals surface area contributed by atoms with E-state index in [0.29, 0.717) is 35.3 Å². The summed E-state index contributed by atoms with van der Waals surface area (Å²) in [5.74, 6) is -0.545. The molecule has 0 heterocycles. The van der Waals surface area contributed by atoms with Crippen molar-refractivity contribution in [2.24, 2.45) is 0 Å². The van der Waals surface area contributed by atoms with Crippen LogP contribution >= 0.6 is 0 Å². The van der Waals surface area contributed by atoms with Gasteiger partial charge in [-0.25, -0.2) is 0 Å². The van der Waals surface area contributed by atoms with E-state index in [-0.39, 0.29) is 23.0 Å². The number of carbonyl (C=O) groups is 3. The van der Waals surface area contributed by atoms with E-state index < -0.39 is 0 Å². The van der Waals surface area contributed by atoms with Gasteiger partial charge in [0.2, 0.25) is 0 Å². The summed E-state index contributed by atoms with van der Waals surface area (Å²) in [5.41, 5.74) is 2.46. The highest BCUT2D eigenvalue weighted by Crippen LogP contribution is 2.33. The number of ketones is 2.